The monoisotopic (exact) mass is 399 g/mol. The molecule has 28 heavy (non-hydrogen) atoms. The van der Waals surface area contributed by atoms with Gasteiger partial charge >= 0.3 is 6.03 Å². The first-order chi connectivity index (χ1) is 13.4. The highest BCUT2D eigenvalue weighted by Crippen LogP contribution is 2.31. The Morgan fingerprint density at radius 2 is 1.54 bits per heavy atom. The zero-order valence-electron chi connectivity index (χ0n) is 15.4. The lowest BCUT2D eigenvalue weighted by Crippen LogP contribution is -2.54. The molecule has 0 aliphatic carbocycles. The fraction of sp³-hybridized carbons (Fsp3) is 0.300. The molecule has 146 valence electrons. The Balaban J connectivity index is 1.58. The van der Waals surface area contributed by atoms with Gasteiger partial charge in [-0.25, -0.2) is 13.2 Å². The molecule has 8 heteroatoms. The Bertz CT molecular complexity index is 995. The van der Waals surface area contributed by atoms with Crippen LogP contribution in [-0.2, 0) is 14.8 Å². The smallest absolute Gasteiger partial charge is 0.310 e. The first kappa shape index (κ1) is 18.6. The Hall–Kier alpha value is -2.71. The Morgan fingerprint density at radius 1 is 0.929 bits per heavy atom. The largest absolute Gasteiger partial charge is 0.328 e. The molecule has 7 nitrogen and oxygen atoms in total. The van der Waals surface area contributed by atoms with Gasteiger partial charge in [-0.3, -0.25) is 9.69 Å². The minimum Gasteiger partial charge on any atom is -0.310 e. The maximum Gasteiger partial charge on any atom is 0.328 e. The van der Waals surface area contributed by atoms with Crippen LogP contribution in [0.1, 0.15) is 18.5 Å². The summed E-state index contributed by atoms with van der Waals surface area (Å²) < 4.78 is 27.1. The maximum absolute atomic E-state index is 13.0. The number of amides is 3. The van der Waals surface area contributed by atoms with Crippen LogP contribution >= 0.6 is 0 Å². The van der Waals surface area contributed by atoms with Crippen molar-refractivity contribution in [3.8, 4) is 0 Å². The van der Waals surface area contributed by atoms with Crippen molar-refractivity contribution in [3.63, 3.8) is 0 Å². The molecule has 2 aromatic rings. The number of nitrogens with zero attached hydrogens (tertiary/aromatic N) is 3. The highest BCUT2D eigenvalue weighted by Gasteiger charge is 2.51. The van der Waals surface area contributed by atoms with Crippen LogP contribution in [0.5, 0.6) is 0 Å². The van der Waals surface area contributed by atoms with E-state index < -0.39 is 22.1 Å². The Morgan fingerprint density at radius 3 is 2.18 bits per heavy atom. The molecule has 4 rings (SSSR count). The minimum absolute atomic E-state index is 0.0280. The van der Waals surface area contributed by atoms with Crippen molar-refractivity contribution >= 4 is 22.0 Å². The predicted molar refractivity (Wildman–Crippen MR) is 103 cm³/mol. The van der Waals surface area contributed by atoms with E-state index in [2.05, 4.69) is 0 Å². The summed E-state index contributed by atoms with van der Waals surface area (Å²) >= 11 is 0. The molecule has 2 fully saturated rings. The van der Waals surface area contributed by atoms with E-state index in [1.165, 1.54) is 26.2 Å². The first-order valence-electron chi connectivity index (χ1n) is 9.15. The third kappa shape index (κ3) is 2.98. The lowest BCUT2D eigenvalue weighted by atomic mass is 10.1. The number of hydrogen-bond donors (Lipinski definition) is 0. The number of rotatable bonds is 4. The average molecular weight is 399 g/mol. The molecule has 2 atom stereocenters. The van der Waals surface area contributed by atoms with Crippen LogP contribution < -0.4 is 0 Å². The molecule has 0 radical (unpaired) electrons. The topological polar surface area (TPSA) is 78.0 Å². The lowest BCUT2D eigenvalue weighted by Gasteiger charge is -2.34. The van der Waals surface area contributed by atoms with E-state index in [-0.39, 0.29) is 36.5 Å². The summed E-state index contributed by atoms with van der Waals surface area (Å²) in [5.41, 5.74) is 0.859. The highest BCUT2D eigenvalue weighted by molar-refractivity contribution is 7.89. The zero-order chi connectivity index (χ0) is 19.9. The minimum atomic E-state index is -3.71. The van der Waals surface area contributed by atoms with Crippen molar-refractivity contribution in [2.24, 2.45) is 0 Å². The van der Waals surface area contributed by atoms with Crippen molar-refractivity contribution in [2.75, 3.05) is 19.6 Å². The molecule has 0 aromatic heterocycles. The summed E-state index contributed by atoms with van der Waals surface area (Å²) in [5, 5.41) is 0. The van der Waals surface area contributed by atoms with Gasteiger partial charge in [0.1, 0.15) is 6.04 Å². The van der Waals surface area contributed by atoms with Gasteiger partial charge in [0, 0.05) is 19.6 Å². The molecular formula is C20H21N3O4S. The molecule has 0 N–H and O–H groups in total. The summed E-state index contributed by atoms with van der Waals surface area (Å²) in [6, 6.07) is 15.9. The molecule has 0 bridgehead atoms. The van der Waals surface area contributed by atoms with Gasteiger partial charge in [0.25, 0.3) is 5.91 Å². The van der Waals surface area contributed by atoms with Crippen molar-refractivity contribution in [1.82, 2.24) is 14.1 Å². The average Bonchev–Trinajstić information content (AvgIpc) is 2.98. The van der Waals surface area contributed by atoms with E-state index in [4.69, 9.17) is 0 Å². The fourth-order valence-corrected chi connectivity index (χ4v) is 5.25. The van der Waals surface area contributed by atoms with Crippen LogP contribution in [0.15, 0.2) is 65.6 Å². The van der Waals surface area contributed by atoms with E-state index >= 15 is 0 Å². The predicted octanol–water partition coefficient (Wildman–Crippen LogP) is 2.08. The second-order valence-corrected chi connectivity index (χ2v) is 8.90. The molecule has 0 spiro atoms. The number of benzene rings is 2. The highest BCUT2D eigenvalue weighted by atomic mass is 32.2. The zero-order valence-corrected chi connectivity index (χ0v) is 16.2. The number of hydrogen-bond acceptors (Lipinski definition) is 4. The van der Waals surface area contributed by atoms with Crippen LogP contribution in [0.4, 0.5) is 4.79 Å². The summed E-state index contributed by atoms with van der Waals surface area (Å²) in [6.45, 7) is 2.14. The van der Waals surface area contributed by atoms with E-state index in [1.54, 1.807) is 18.2 Å². The van der Waals surface area contributed by atoms with Crippen molar-refractivity contribution in [1.29, 1.82) is 0 Å². The van der Waals surface area contributed by atoms with Crippen molar-refractivity contribution < 1.29 is 18.0 Å². The third-order valence-corrected chi connectivity index (χ3v) is 7.25. The summed E-state index contributed by atoms with van der Waals surface area (Å²) in [7, 11) is -3.71. The lowest BCUT2D eigenvalue weighted by molar-refractivity contribution is -0.130. The molecule has 2 saturated heterocycles. The van der Waals surface area contributed by atoms with Gasteiger partial charge in [0.2, 0.25) is 10.0 Å². The van der Waals surface area contributed by atoms with E-state index in [1.807, 2.05) is 37.3 Å². The second kappa shape index (κ2) is 7.03. The van der Waals surface area contributed by atoms with Crippen LogP contribution in [0.25, 0.3) is 0 Å². The number of piperazine rings is 1. The van der Waals surface area contributed by atoms with Crippen molar-refractivity contribution in [3.05, 3.63) is 66.2 Å². The standard InChI is InChI=1S/C20H21N3O4S/c1-15(16-8-4-2-5-9-16)23-19(24)18-14-21(12-13-22(18)20(23)25)28(26,27)17-10-6-3-7-11-17/h2-11,15,18H,12-14H2,1H3/t15-,18-/m1/s1. The number of sulfonamides is 1. The molecule has 2 aromatic carbocycles. The van der Waals surface area contributed by atoms with Crippen LogP contribution in [0, 0.1) is 0 Å². The van der Waals surface area contributed by atoms with Gasteiger partial charge in [0.15, 0.2) is 0 Å². The normalized spacial score (nSPS) is 21.7. The van der Waals surface area contributed by atoms with Gasteiger partial charge in [0.05, 0.1) is 10.9 Å². The molecule has 0 unspecified atom stereocenters. The maximum atomic E-state index is 13.0. The van der Waals surface area contributed by atoms with Gasteiger partial charge < -0.3 is 4.90 Å². The van der Waals surface area contributed by atoms with Crippen LogP contribution in [0.2, 0.25) is 0 Å². The van der Waals surface area contributed by atoms with Crippen molar-refractivity contribution in [2.45, 2.75) is 23.9 Å². The molecule has 2 aliphatic heterocycles. The Labute approximate surface area is 164 Å². The van der Waals surface area contributed by atoms with Gasteiger partial charge in [-0.2, -0.15) is 4.31 Å². The van der Waals surface area contributed by atoms with Crippen LogP contribution in [0.3, 0.4) is 0 Å². The summed E-state index contributed by atoms with van der Waals surface area (Å²) in [6.07, 6.45) is 0. The molecule has 0 saturated carbocycles. The van der Waals surface area contributed by atoms with E-state index in [0.717, 1.165) is 5.56 Å². The summed E-state index contributed by atoms with van der Waals surface area (Å²) in [5.74, 6) is -0.352. The number of urea groups is 1. The van der Waals surface area contributed by atoms with Crippen LogP contribution in [-0.4, -0.2) is 60.1 Å². The van der Waals surface area contributed by atoms with Gasteiger partial charge in [-0.05, 0) is 24.6 Å². The Kier molecular flexibility index (Phi) is 4.68. The number of carbonyl (C=O) groups excluding carboxylic acids is 2. The number of carbonyl (C=O) groups is 2. The number of fused-ring (bicyclic) bond motifs is 1. The molecule has 3 amide bonds. The third-order valence-electron chi connectivity index (χ3n) is 5.37. The van der Waals surface area contributed by atoms with E-state index in [9.17, 15) is 18.0 Å². The number of imide groups is 1. The van der Waals surface area contributed by atoms with Gasteiger partial charge in [-0.15, -0.1) is 0 Å². The SMILES string of the molecule is C[C@H](c1ccccc1)N1C(=O)[C@H]2CN(S(=O)(=O)c3ccccc3)CCN2C1=O. The molecule has 2 heterocycles. The first-order valence-corrected chi connectivity index (χ1v) is 10.6. The second-order valence-electron chi connectivity index (χ2n) is 6.96. The summed E-state index contributed by atoms with van der Waals surface area (Å²) in [4.78, 5) is 28.8. The fourth-order valence-electron chi connectivity index (χ4n) is 3.79. The van der Waals surface area contributed by atoms with Gasteiger partial charge in [-0.1, -0.05) is 48.5 Å². The van der Waals surface area contributed by atoms with E-state index in [0.29, 0.717) is 0 Å². The molecular weight excluding hydrogens is 378 g/mol. The molecule has 2 aliphatic rings. The quantitative estimate of drug-likeness (QED) is 0.738.